The van der Waals surface area contributed by atoms with E-state index in [0.717, 1.165) is 60.4 Å². The molecule has 0 atom stereocenters. The highest BCUT2D eigenvalue weighted by molar-refractivity contribution is 6.30. The molecule has 1 aromatic heterocycles. The maximum Gasteiger partial charge on any atom is 0.251 e. The van der Waals surface area contributed by atoms with Gasteiger partial charge in [-0.3, -0.25) is 9.69 Å². The van der Waals surface area contributed by atoms with Gasteiger partial charge in [0.1, 0.15) is 0 Å². The number of halogens is 1. The number of H-pyrrole nitrogens is 1. The highest BCUT2D eigenvalue weighted by Gasteiger charge is 2.16. The predicted molar refractivity (Wildman–Crippen MR) is 120 cm³/mol. The van der Waals surface area contributed by atoms with Crippen LogP contribution in [-0.4, -0.2) is 35.4 Å². The van der Waals surface area contributed by atoms with Crippen LogP contribution in [-0.2, 0) is 17.8 Å². The summed E-state index contributed by atoms with van der Waals surface area (Å²) < 4.78 is 0. The Morgan fingerprint density at radius 2 is 2.03 bits per heavy atom. The summed E-state index contributed by atoms with van der Waals surface area (Å²) in [6.45, 7) is 7.74. The second-order valence-electron chi connectivity index (χ2n) is 7.66. The molecule has 150 valence electrons. The lowest BCUT2D eigenvalue weighted by Gasteiger charge is -2.28. The first-order valence-corrected chi connectivity index (χ1v) is 10.5. The van der Waals surface area contributed by atoms with Crippen LogP contribution in [0.1, 0.15) is 29.5 Å². The van der Waals surface area contributed by atoms with E-state index in [-0.39, 0.29) is 5.91 Å². The second kappa shape index (κ2) is 8.85. The fourth-order valence-electron chi connectivity index (χ4n) is 3.91. The number of carbonyl (C=O) groups excluding carboxylic acids is 1. The van der Waals surface area contributed by atoms with Crippen LogP contribution in [0, 0.1) is 0 Å². The zero-order valence-electron chi connectivity index (χ0n) is 16.5. The van der Waals surface area contributed by atoms with Crippen molar-refractivity contribution in [1.29, 1.82) is 0 Å². The highest BCUT2D eigenvalue weighted by Crippen LogP contribution is 2.23. The van der Waals surface area contributed by atoms with E-state index in [9.17, 15) is 4.79 Å². The van der Waals surface area contributed by atoms with Gasteiger partial charge in [-0.25, -0.2) is 0 Å². The standard InChI is InChI=1S/C24H26ClN3O/c1-17(18-5-7-23-20(14-18)8-11-26-23)24(29)27-10-2-3-12-28-13-9-19-15-22(25)6-4-21(19)16-28/h4-8,11,14-15,26H,1-3,9-10,12-13,16H2,(H,27,29). The average molecular weight is 408 g/mol. The molecular weight excluding hydrogens is 382 g/mol. The number of benzene rings is 2. The quantitative estimate of drug-likeness (QED) is 0.437. The molecule has 1 amide bonds. The van der Waals surface area contributed by atoms with Crippen molar-refractivity contribution in [2.24, 2.45) is 0 Å². The van der Waals surface area contributed by atoms with Gasteiger partial charge in [-0.05, 0) is 78.2 Å². The fraction of sp³-hybridized carbons (Fsp3) is 0.292. The first-order valence-electron chi connectivity index (χ1n) is 10.1. The molecule has 2 heterocycles. The van der Waals surface area contributed by atoms with Crippen LogP contribution < -0.4 is 5.32 Å². The van der Waals surface area contributed by atoms with Gasteiger partial charge < -0.3 is 10.3 Å². The minimum absolute atomic E-state index is 0.0938. The molecule has 0 spiro atoms. The van der Waals surface area contributed by atoms with Crippen LogP contribution in [0.3, 0.4) is 0 Å². The lowest BCUT2D eigenvalue weighted by atomic mass is 10.00. The minimum atomic E-state index is -0.0938. The van der Waals surface area contributed by atoms with E-state index in [0.29, 0.717) is 12.1 Å². The van der Waals surface area contributed by atoms with Crippen molar-refractivity contribution in [2.75, 3.05) is 19.6 Å². The van der Waals surface area contributed by atoms with Crippen molar-refractivity contribution in [3.8, 4) is 0 Å². The molecule has 0 unspecified atom stereocenters. The summed E-state index contributed by atoms with van der Waals surface area (Å²) in [5.41, 5.74) is 5.19. The van der Waals surface area contributed by atoms with Crippen molar-refractivity contribution < 1.29 is 4.79 Å². The fourth-order valence-corrected chi connectivity index (χ4v) is 4.11. The molecule has 0 bridgehead atoms. The number of aromatic nitrogens is 1. The number of unbranched alkanes of at least 4 members (excludes halogenated alkanes) is 1. The van der Waals surface area contributed by atoms with Gasteiger partial charge in [0.05, 0.1) is 0 Å². The van der Waals surface area contributed by atoms with Gasteiger partial charge in [0, 0.05) is 41.9 Å². The molecular formula is C24H26ClN3O. The van der Waals surface area contributed by atoms with Crippen LogP contribution in [0.4, 0.5) is 0 Å². The Morgan fingerprint density at radius 3 is 2.93 bits per heavy atom. The minimum Gasteiger partial charge on any atom is -0.361 e. The molecule has 0 fully saturated rings. The largest absolute Gasteiger partial charge is 0.361 e. The summed E-state index contributed by atoms with van der Waals surface area (Å²) in [4.78, 5) is 18.0. The van der Waals surface area contributed by atoms with E-state index in [4.69, 9.17) is 11.6 Å². The number of hydrogen-bond acceptors (Lipinski definition) is 2. The van der Waals surface area contributed by atoms with Crippen LogP contribution in [0.25, 0.3) is 16.5 Å². The van der Waals surface area contributed by atoms with Crippen LogP contribution in [0.2, 0.25) is 5.02 Å². The zero-order valence-corrected chi connectivity index (χ0v) is 17.3. The summed E-state index contributed by atoms with van der Waals surface area (Å²) in [6.07, 6.45) is 4.97. The molecule has 0 radical (unpaired) electrons. The number of fused-ring (bicyclic) bond motifs is 2. The summed E-state index contributed by atoms with van der Waals surface area (Å²) in [5, 5.41) is 4.91. The Bertz CT molecular complexity index is 1040. The van der Waals surface area contributed by atoms with Crippen LogP contribution in [0.15, 0.2) is 55.2 Å². The summed E-state index contributed by atoms with van der Waals surface area (Å²) in [6, 6.07) is 14.1. The van der Waals surface area contributed by atoms with Crippen molar-refractivity contribution >= 4 is 34.0 Å². The predicted octanol–water partition coefficient (Wildman–Crippen LogP) is 4.79. The average Bonchev–Trinajstić information content (AvgIpc) is 3.20. The SMILES string of the molecule is C=C(C(=O)NCCCCN1CCc2cc(Cl)ccc2C1)c1ccc2[nH]ccc2c1. The summed E-state index contributed by atoms with van der Waals surface area (Å²) in [5.74, 6) is -0.0938. The first-order chi connectivity index (χ1) is 14.1. The van der Waals surface area contributed by atoms with E-state index in [1.54, 1.807) is 0 Å². The molecule has 2 N–H and O–H groups in total. The molecule has 29 heavy (non-hydrogen) atoms. The van der Waals surface area contributed by atoms with Crippen molar-refractivity contribution in [3.63, 3.8) is 0 Å². The number of nitrogens with zero attached hydrogens (tertiary/aromatic N) is 1. The summed E-state index contributed by atoms with van der Waals surface area (Å²) >= 11 is 6.08. The number of rotatable bonds is 7. The molecule has 4 rings (SSSR count). The molecule has 1 aliphatic rings. The molecule has 1 aliphatic heterocycles. The van der Waals surface area contributed by atoms with Crippen LogP contribution in [0.5, 0.6) is 0 Å². The zero-order chi connectivity index (χ0) is 20.2. The van der Waals surface area contributed by atoms with Crippen molar-refractivity contribution in [2.45, 2.75) is 25.8 Å². The van der Waals surface area contributed by atoms with E-state index in [2.05, 4.69) is 33.9 Å². The van der Waals surface area contributed by atoms with Gasteiger partial charge in [-0.2, -0.15) is 0 Å². The Hall–Kier alpha value is -2.56. The van der Waals surface area contributed by atoms with Gasteiger partial charge in [-0.15, -0.1) is 0 Å². The highest BCUT2D eigenvalue weighted by atomic mass is 35.5. The first kappa shape index (κ1) is 19.7. The lowest BCUT2D eigenvalue weighted by Crippen LogP contribution is -2.32. The van der Waals surface area contributed by atoms with E-state index in [1.165, 1.54) is 11.1 Å². The van der Waals surface area contributed by atoms with E-state index < -0.39 is 0 Å². The Morgan fingerprint density at radius 1 is 1.14 bits per heavy atom. The number of aromatic amines is 1. The van der Waals surface area contributed by atoms with Gasteiger partial charge in [0.15, 0.2) is 0 Å². The molecule has 0 saturated heterocycles. The third-order valence-corrected chi connectivity index (χ3v) is 5.86. The molecule has 2 aromatic carbocycles. The third-order valence-electron chi connectivity index (χ3n) is 5.62. The number of nitrogens with one attached hydrogen (secondary N) is 2. The topological polar surface area (TPSA) is 48.1 Å². The molecule has 3 aromatic rings. The maximum absolute atomic E-state index is 12.4. The van der Waals surface area contributed by atoms with E-state index in [1.807, 2.05) is 36.5 Å². The van der Waals surface area contributed by atoms with Crippen molar-refractivity contribution in [3.05, 3.63) is 77.0 Å². The van der Waals surface area contributed by atoms with Gasteiger partial charge in [-0.1, -0.05) is 30.3 Å². The monoisotopic (exact) mass is 407 g/mol. The number of amides is 1. The third kappa shape index (κ3) is 4.72. The Labute approximate surface area is 176 Å². The Kier molecular flexibility index (Phi) is 6.02. The molecule has 0 aliphatic carbocycles. The Balaban J connectivity index is 1.19. The summed E-state index contributed by atoms with van der Waals surface area (Å²) in [7, 11) is 0. The van der Waals surface area contributed by atoms with Gasteiger partial charge >= 0.3 is 0 Å². The van der Waals surface area contributed by atoms with E-state index >= 15 is 0 Å². The van der Waals surface area contributed by atoms with Crippen LogP contribution >= 0.6 is 11.6 Å². The normalized spacial score (nSPS) is 14.0. The lowest BCUT2D eigenvalue weighted by molar-refractivity contribution is -0.115. The number of carbonyl (C=O) groups is 1. The molecule has 0 saturated carbocycles. The van der Waals surface area contributed by atoms with Gasteiger partial charge in [0.25, 0.3) is 5.91 Å². The smallest absolute Gasteiger partial charge is 0.251 e. The maximum atomic E-state index is 12.4. The number of hydrogen-bond donors (Lipinski definition) is 2. The van der Waals surface area contributed by atoms with Crippen molar-refractivity contribution in [1.82, 2.24) is 15.2 Å². The second-order valence-corrected chi connectivity index (χ2v) is 8.10. The molecule has 5 heteroatoms. The van der Waals surface area contributed by atoms with Gasteiger partial charge in [0.2, 0.25) is 0 Å². The molecule has 4 nitrogen and oxygen atoms in total.